The monoisotopic (exact) mass is 621 g/mol. The summed E-state index contributed by atoms with van der Waals surface area (Å²) in [6.07, 6.45) is 1.65. The van der Waals surface area contributed by atoms with Crippen molar-refractivity contribution in [2.75, 3.05) is 33.0 Å². The first-order valence-electron chi connectivity index (χ1n) is 15.1. The van der Waals surface area contributed by atoms with E-state index < -0.39 is 10.0 Å². The van der Waals surface area contributed by atoms with Crippen LogP contribution in [0.15, 0.2) is 77.7 Å². The fraction of sp³-hybridized carbons (Fsp3) is 0.371. The van der Waals surface area contributed by atoms with Crippen molar-refractivity contribution in [1.29, 1.82) is 0 Å². The molecule has 0 atom stereocenters. The maximum absolute atomic E-state index is 14.2. The lowest BCUT2D eigenvalue weighted by Crippen LogP contribution is -2.47. The lowest BCUT2D eigenvalue weighted by atomic mass is 10.1. The molecular weight excluding hydrogens is 580 g/mol. The van der Waals surface area contributed by atoms with Crippen LogP contribution in [-0.4, -0.2) is 50.2 Å². The predicted octanol–water partition coefficient (Wildman–Crippen LogP) is 7.87. The van der Waals surface area contributed by atoms with Gasteiger partial charge in [0.2, 0.25) is 16.8 Å². The topological polar surface area (TPSA) is 55.8 Å². The van der Waals surface area contributed by atoms with Gasteiger partial charge in [0.25, 0.3) is 0 Å². The molecule has 1 aliphatic rings. The highest BCUT2D eigenvalue weighted by Gasteiger charge is 2.28. The molecule has 0 saturated heterocycles. The number of fused-ring (bicyclic) bond motifs is 2. The van der Waals surface area contributed by atoms with Gasteiger partial charge in [0.1, 0.15) is 6.54 Å². The number of benzene rings is 4. The highest BCUT2D eigenvalue weighted by Crippen LogP contribution is 2.38. The van der Waals surface area contributed by atoms with Crippen molar-refractivity contribution in [3.8, 4) is 11.5 Å². The second kappa shape index (κ2) is 13.3. The summed E-state index contributed by atoms with van der Waals surface area (Å²) in [5.41, 5.74) is 4.63. The Hall–Kier alpha value is -3.10. The minimum absolute atomic E-state index is 0.130. The van der Waals surface area contributed by atoms with Gasteiger partial charge in [-0.25, -0.2) is 8.42 Å². The summed E-state index contributed by atoms with van der Waals surface area (Å²) in [5, 5.41) is 2.36. The quantitative estimate of drug-likeness (QED) is 0.113. The van der Waals surface area contributed by atoms with E-state index in [4.69, 9.17) is 21.1 Å². The van der Waals surface area contributed by atoms with Crippen molar-refractivity contribution in [2.24, 2.45) is 0 Å². The second-order valence-corrected chi connectivity index (χ2v) is 14.0. The van der Waals surface area contributed by atoms with Gasteiger partial charge in [-0.2, -0.15) is 4.31 Å². The molecule has 0 amide bonds. The Kier molecular flexibility index (Phi) is 9.67. The third kappa shape index (κ3) is 7.18. The maximum atomic E-state index is 14.2. The summed E-state index contributed by atoms with van der Waals surface area (Å²) >= 11 is 6.62. The molecule has 0 saturated carbocycles. The molecule has 228 valence electrons. The zero-order valence-corrected chi connectivity index (χ0v) is 27.2. The number of ether oxygens (including phenoxy) is 2. The summed E-state index contributed by atoms with van der Waals surface area (Å²) in [5.74, 6) is 1.16. The summed E-state index contributed by atoms with van der Waals surface area (Å²) in [4.78, 5) is 0.283. The Balaban J connectivity index is 1.37. The van der Waals surface area contributed by atoms with Crippen LogP contribution in [0.2, 0.25) is 5.02 Å². The zero-order valence-electron chi connectivity index (χ0n) is 25.6. The minimum atomic E-state index is -3.81. The first-order chi connectivity index (χ1) is 20.6. The average Bonchev–Trinajstić information content (AvgIpc) is 3.44. The van der Waals surface area contributed by atoms with E-state index in [0.717, 1.165) is 54.3 Å². The van der Waals surface area contributed by atoms with Crippen LogP contribution in [0.25, 0.3) is 10.8 Å². The molecule has 0 radical (unpaired) electrons. The molecule has 1 aliphatic heterocycles. The Morgan fingerprint density at radius 3 is 2.21 bits per heavy atom. The fourth-order valence-electron chi connectivity index (χ4n) is 6.16. The maximum Gasteiger partial charge on any atom is 0.243 e. The van der Waals surface area contributed by atoms with Gasteiger partial charge in [-0.15, -0.1) is 0 Å². The van der Waals surface area contributed by atoms with E-state index in [1.165, 1.54) is 16.7 Å². The number of nitrogens with zero attached hydrogens (tertiary/aromatic N) is 2. The van der Waals surface area contributed by atoms with Gasteiger partial charge in [-0.1, -0.05) is 71.3 Å². The molecule has 43 heavy (non-hydrogen) atoms. The molecule has 0 spiro atoms. The largest absolute Gasteiger partial charge is 0.454 e. The number of hydrogen-bond donors (Lipinski definition) is 0. The highest BCUT2D eigenvalue weighted by atomic mass is 35.5. The lowest BCUT2D eigenvalue weighted by Gasteiger charge is -2.37. The standard InChI is InChI=1S/C35H42ClN2O4S/c1-5-38(6-2,24-28-18-26(3)17-27(4)19-28)16-10-9-15-37(23-31-21-34-35(22-33(31)36)42-25-41-34)43(39,40)32-14-13-29-11-7-8-12-30(29)20-32/h7-8,11-14,17-22H,5-6,9-10,15-16,23-25H2,1-4H3/q+1. The molecule has 0 bridgehead atoms. The van der Waals surface area contributed by atoms with Gasteiger partial charge in [0.15, 0.2) is 11.5 Å². The number of quaternary nitrogens is 1. The van der Waals surface area contributed by atoms with Crippen LogP contribution in [0, 0.1) is 13.8 Å². The van der Waals surface area contributed by atoms with Gasteiger partial charge in [0.05, 0.1) is 24.5 Å². The van der Waals surface area contributed by atoms with Gasteiger partial charge in [-0.3, -0.25) is 0 Å². The van der Waals surface area contributed by atoms with Crippen molar-refractivity contribution in [3.05, 3.63) is 100 Å². The van der Waals surface area contributed by atoms with Gasteiger partial charge < -0.3 is 14.0 Å². The van der Waals surface area contributed by atoms with Crippen LogP contribution in [0.5, 0.6) is 11.5 Å². The first-order valence-corrected chi connectivity index (χ1v) is 16.9. The van der Waals surface area contributed by atoms with Crippen LogP contribution >= 0.6 is 11.6 Å². The highest BCUT2D eigenvalue weighted by molar-refractivity contribution is 7.89. The van der Waals surface area contributed by atoms with E-state index in [1.54, 1.807) is 28.6 Å². The Bertz CT molecular complexity index is 1680. The van der Waals surface area contributed by atoms with Crippen LogP contribution in [0.1, 0.15) is 48.9 Å². The van der Waals surface area contributed by atoms with E-state index >= 15 is 0 Å². The normalized spacial score (nSPS) is 13.3. The third-order valence-corrected chi connectivity index (χ3v) is 10.9. The molecule has 0 aromatic heterocycles. The zero-order chi connectivity index (χ0) is 30.6. The number of halogens is 1. The SMILES string of the molecule is CC[N+](CC)(CCCCN(Cc1cc2c(cc1Cl)OCO2)S(=O)(=O)c1ccc2ccccc2c1)Cc1cc(C)cc(C)c1. The van der Waals surface area contributed by atoms with Crippen LogP contribution < -0.4 is 9.47 Å². The van der Waals surface area contributed by atoms with Gasteiger partial charge in [0, 0.05) is 29.7 Å². The second-order valence-electron chi connectivity index (χ2n) is 11.7. The Morgan fingerprint density at radius 1 is 0.837 bits per heavy atom. The molecular formula is C35H42ClN2O4S+. The Morgan fingerprint density at radius 2 is 1.51 bits per heavy atom. The van der Waals surface area contributed by atoms with E-state index in [9.17, 15) is 8.42 Å². The molecule has 4 aromatic rings. The van der Waals surface area contributed by atoms with E-state index in [2.05, 4.69) is 45.9 Å². The molecule has 0 aliphatic carbocycles. The van der Waals surface area contributed by atoms with Crippen molar-refractivity contribution in [2.45, 2.75) is 58.5 Å². The molecule has 5 rings (SSSR count). The molecule has 0 N–H and O–H groups in total. The first kappa shape index (κ1) is 31.3. The van der Waals surface area contributed by atoms with Crippen molar-refractivity contribution >= 4 is 32.4 Å². The molecule has 4 aromatic carbocycles. The van der Waals surface area contributed by atoms with E-state index in [0.29, 0.717) is 28.6 Å². The molecule has 0 fully saturated rings. The predicted molar refractivity (Wildman–Crippen MR) is 174 cm³/mol. The number of unbranched alkanes of at least 4 members (excludes halogenated alkanes) is 1. The van der Waals surface area contributed by atoms with Crippen LogP contribution in [0.3, 0.4) is 0 Å². The smallest absolute Gasteiger partial charge is 0.243 e. The Labute approximate surface area is 261 Å². The van der Waals surface area contributed by atoms with E-state index in [1.807, 2.05) is 30.3 Å². The third-order valence-electron chi connectivity index (χ3n) is 8.68. The fourth-order valence-corrected chi connectivity index (χ4v) is 7.86. The average molecular weight is 622 g/mol. The van der Waals surface area contributed by atoms with Crippen molar-refractivity contribution in [3.63, 3.8) is 0 Å². The number of aryl methyl sites for hydroxylation is 2. The van der Waals surface area contributed by atoms with E-state index in [-0.39, 0.29) is 18.2 Å². The summed E-state index contributed by atoms with van der Waals surface area (Å²) in [7, 11) is -3.81. The van der Waals surface area contributed by atoms with Crippen LogP contribution in [0.4, 0.5) is 0 Å². The van der Waals surface area contributed by atoms with Crippen molar-refractivity contribution < 1.29 is 22.4 Å². The van der Waals surface area contributed by atoms with Gasteiger partial charge in [-0.05, 0) is 75.1 Å². The lowest BCUT2D eigenvalue weighted by molar-refractivity contribution is -0.938. The summed E-state index contributed by atoms with van der Waals surface area (Å²) in [6.45, 7) is 13.5. The summed E-state index contributed by atoms with van der Waals surface area (Å²) in [6, 6.07) is 23.4. The molecule has 8 heteroatoms. The number of rotatable bonds is 13. The number of sulfonamides is 1. The van der Waals surface area contributed by atoms with Crippen molar-refractivity contribution in [1.82, 2.24) is 4.31 Å². The minimum Gasteiger partial charge on any atom is -0.454 e. The molecule has 0 unspecified atom stereocenters. The van der Waals surface area contributed by atoms with Gasteiger partial charge >= 0.3 is 0 Å². The number of hydrogen-bond acceptors (Lipinski definition) is 4. The molecule has 6 nitrogen and oxygen atoms in total. The molecule has 1 heterocycles. The summed E-state index contributed by atoms with van der Waals surface area (Å²) < 4.78 is 41.9. The van der Waals surface area contributed by atoms with Crippen LogP contribution in [-0.2, 0) is 23.1 Å².